The summed E-state index contributed by atoms with van der Waals surface area (Å²) < 4.78 is 11.0. The van der Waals surface area contributed by atoms with E-state index in [4.69, 9.17) is 26.1 Å². The number of hydrogen-bond donors (Lipinski definition) is 0. The first-order valence-electron chi connectivity index (χ1n) is 11.1. The number of thioether (sulfide) groups is 1. The predicted octanol–water partition coefficient (Wildman–Crippen LogP) is 7.40. The number of aryl methyl sites for hydroxylation is 4. The van der Waals surface area contributed by atoms with Crippen LogP contribution in [0.1, 0.15) is 27.8 Å². The first-order valence-corrected chi connectivity index (χ1v) is 12.3. The molecule has 0 spiro atoms. The summed E-state index contributed by atoms with van der Waals surface area (Å²) >= 11 is 7.64. The van der Waals surface area contributed by atoms with Crippen molar-refractivity contribution in [1.82, 2.24) is 0 Å². The number of benzene rings is 3. The van der Waals surface area contributed by atoms with Gasteiger partial charge in [0.25, 0.3) is 5.91 Å². The Kier molecular flexibility index (Phi) is 7.24. The summed E-state index contributed by atoms with van der Waals surface area (Å²) in [7, 11) is 3.11. The van der Waals surface area contributed by atoms with Crippen molar-refractivity contribution >= 4 is 51.9 Å². The van der Waals surface area contributed by atoms with Crippen molar-refractivity contribution in [3.63, 3.8) is 0 Å². The van der Waals surface area contributed by atoms with Gasteiger partial charge in [-0.05, 0) is 98.1 Å². The maximum atomic E-state index is 13.8. The highest BCUT2D eigenvalue weighted by atomic mass is 35.5. The zero-order chi connectivity index (χ0) is 25.3. The molecule has 1 fully saturated rings. The van der Waals surface area contributed by atoms with E-state index in [0.717, 1.165) is 33.6 Å². The van der Waals surface area contributed by atoms with Crippen molar-refractivity contribution in [2.45, 2.75) is 27.7 Å². The first-order chi connectivity index (χ1) is 16.7. The highest BCUT2D eigenvalue weighted by Crippen LogP contribution is 2.41. The molecule has 1 amide bonds. The molecule has 3 aromatic carbocycles. The van der Waals surface area contributed by atoms with Crippen molar-refractivity contribution in [2.24, 2.45) is 4.99 Å². The normalized spacial score (nSPS) is 15.9. The van der Waals surface area contributed by atoms with Crippen LogP contribution in [0.5, 0.6) is 11.5 Å². The third-order valence-electron chi connectivity index (χ3n) is 5.46. The van der Waals surface area contributed by atoms with E-state index in [0.29, 0.717) is 32.2 Å². The second-order valence-corrected chi connectivity index (χ2v) is 10.0. The molecule has 3 aromatic rings. The van der Waals surface area contributed by atoms with E-state index in [-0.39, 0.29) is 5.91 Å². The summed E-state index contributed by atoms with van der Waals surface area (Å²) in [6.07, 6.45) is 1.78. The number of halogens is 1. The van der Waals surface area contributed by atoms with Gasteiger partial charge in [-0.3, -0.25) is 9.69 Å². The van der Waals surface area contributed by atoms with Gasteiger partial charge in [0, 0.05) is 16.7 Å². The highest BCUT2D eigenvalue weighted by Gasteiger charge is 2.35. The van der Waals surface area contributed by atoms with E-state index in [1.165, 1.54) is 11.8 Å². The van der Waals surface area contributed by atoms with Crippen molar-refractivity contribution in [3.8, 4) is 11.5 Å². The fourth-order valence-corrected chi connectivity index (χ4v) is 5.40. The predicted molar refractivity (Wildman–Crippen MR) is 147 cm³/mol. The monoisotopic (exact) mass is 506 g/mol. The van der Waals surface area contributed by atoms with Gasteiger partial charge in [0.2, 0.25) is 0 Å². The average molecular weight is 507 g/mol. The third-order valence-corrected chi connectivity index (χ3v) is 6.65. The number of aliphatic imine (C=N–C) groups is 1. The lowest BCUT2D eigenvalue weighted by molar-refractivity contribution is -0.113. The number of ether oxygens (including phenoxy) is 2. The first kappa shape index (κ1) is 24.9. The lowest BCUT2D eigenvalue weighted by atomic mass is 10.1. The van der Waals surface area contributed by atoms with Gasteiger partial charge in [0.1, 0.15) is 0 Å². The minimum atomic E-state index is -0.163. The molecule has 1 aliphatic heterocycles. The Bertz CT molecular complexity index is 1340. The summed E-state index contributed by atoms with van der Waals surface area (Å²) in [4.78, 5) is 20.8. The summed E-state index contributed by atoms with van der Waals surface area (Å²) in [6, 6.07) is 15.6. The third kappa shape index (κ3) is 5.39. The molecule has 4 rings (SSSR count). The number of carbonyl (C=O) groups excluding carboxylic acids is 1. The van der Waals surface area contributed by atoms with Gasteiger partial charge in [0.05, 0.1) is 30.5 Å². The molecule has 5 nitrogen and oxygen atoms in total. The van der Waals surface area contributed by atoms with Gasteiger partial charge in [-0.15, -0.1) is 0 Å². The van der Waals surface area contributed by atoms with Gasteiger partial charge >= 0.3 is 0 Å². The van der Waals surface area contributed by atoms with Gasteiger partial charge in [-0.1, -0.05) is 23.7 Å². The molecule has 0 aliphatic carbocycles. The number of hydrogen-bond acceptors (Lipinski definition) is 5. The van der Waals surface area contributed by atoms with E-state index in [1.807, 2.05) is 52.0 Å². The molecular formula is C28H27ClN2O3S. The molecule has 0 radical (unpaired) electrons. The van der Waals surface area contributed by atoms with Crippen LogP contribution in [0.15, 0.2) is 58.4 Å². The minimum absolute atomic E-state index is 0.163. The van der Waals surface area contributed by atoms with E-state index < -0.39 is 0 Å². The zero-order valence-corrected chi connectivity index (χ0v) is 22.2. The molecule has 35 heavy (non-hydrogen) atoms. The molecule has 0 atom stereocenters. The largest absolute Gasteiger partial charge is 0.493 e. The lowest BCUT2D eigenvalue weighted by Gasteiger charge is -2.17. The summed E-state index contributed by atoms with van der Waals surface area (Å²) in [5, 5.41) is 1.07. The molecule has 1 saturated heterocycles. The Labute approximate surface area is 215 Å². The van der Waals surface area contributed by atoms with Gasteiger partial charge in [-0.2, -0.15) is 0 Å². The number of nitrogens with zero attached hydrogens (tertiary/aromatic N) is 2. The van der Waals surface area contributed by atoms with Crippen molar-refractivity contribution in [2.75, 3.05) is 19.1 Å². The van der Waals surface area contributed by atoms with Crippen LogP contribution in [0.4, 0.5) is 11.4 Å². The summed E-state index contributed by atoms with van der Waals surface area (Å²) in [5.41, 5.74) is 6.61. The molecule has 0 saturated carbocycles. The molecule has 0 N–H and O–H groups in total. The average Bonchev–Trinajstić information content (AvgIpc) is 3.06. The van der Waals surface area contributed by atoms with Crippen LogP contribution in [-0.4, -0.2) is 25.3 Å². The zero-order valence-electron chi connectivity index (χ0n) is 20.6. The lowest BCUT2D eigenvalue weighted by Crippen LogP contribution is -2.28. The van der Waals surface area contributed by atoms with Gasteiger partial charge in [0.15, 0.2) is 16.7 Å². The fraction of sp³-hybridized carbons (Fsp3) is 0.214. The van der Waals surface area contributed by atoms with Crippen LogP contribution >= 0.6 is 23.4 Å². The molecule has 180 valence electrons. The summed E-state index contributed by atoms with van der Waals surface area (Å²) in [5.74, 6) is 0.845. The smallest absolute Gasteiger partial charge is 0.271 e. The molecule has 7 heteroatoms. The van der Waals surface area contributed by atoms with E-state index >= 15 is 0 Å². The van der Waals surface area contributed by atoms with Crippen LogP contribution < -0.4 is 14.4 Å². The van der Waals surface area contributed by atoms with Crippen LogP contribution in [0.25, 0.3) is 6.08 Å². The minimum Gasteiger partial charge on any atom is -0.493 e. The highest BCUT2D eigenvalue weighted by molar-refractivity contribution is 8.19. The standard InChI is InChI=1S/C28H27ClN2O3S/c1-16-7-17(2)10-22(9-16)30-28-31(23-11-18(3)8-19(4)12-23)27(32)25(35-28)14-20-13-21(29)15-24(33-5)26(20)34-6/h7-15H,1-6H3/b25-14-,30-28?. The molecule has 1 aliphatic rings. The second kappa shape index (κ2) is 10.2. The van der Waals surface area contributed by atoms with Gasteiger partial charge in [-0.25, -0.2) is 4.99 Å². The SMILES string of the molecule is COc1cc(Cl)cc(/C=C2\SC(=Nc3cc(C)cc(C)c3)N(c3cc(C)cc(C)c3)C2=O)c1OC. The molecule has 1 heterocycles. The number of amidine groups is 1. The number of anilines is 1. The Morgan fingerprint density at radius 3 is 2.03 bits per heavy atom. The quantitative estimate of drug-likeness (QED) is 0.338. The fourth-order valence-electron chi connectivity index (χ4n) is 4.19. The Hall–Kier alpha value is -3.22. The second-order valence-electron chi connectivity index (χ2n) is 8.57. The van der Waals surface area contributed by atoms with E-state index in [2.05, 4.69) is 12.1 Å². The van der Waals surface area contributed by atoms with E-state index in [9.17, 15) is 4.79 Å². The molecule has 0 aromatic heterocycles. The Balaban J connectivity index is 1.87. The molecule has 0 unspecified atom stereocenters. The van der Waals surface area contributed by atoms with Crippen LogP contribution in [0.3, 0.4) is 0 Å². The Morgan fingerprint density at radius 1 is 0.857 bits per heavy atom. The maximum absolute atomic E-state index is 13.8. The number of amides is 1. The number of carbonyl (C=O) groups is 1. The van der Waals surface area contributed by atoms with Crippen LogP contribution in [0.2, 0.25) is 5.02 Å². The molecule has 0 bridgehead atoms. The van der Waals surface area contributed by atoms with E-state index in [1.54, 1.807) is 37.3 Å². The maximum Gasteiger partial charge on any atom is 0.271 e. The van der Waals surface area contributed by atoms with Crippen LogP contribution in [-0.2, 0) is 4.79 Å². The van der Waals surface area contributed by atoms with Gasteiger partial charge < -0.3 is 9.47 Å². The number of methoxy groups -OCH3 is 2. The van der Waals surface area contributed by atoms with Crippen molar-refractivity contribution < 1.29 is 14.3 Å². The van der Waals surface area contributed by atoms with Crippen molar-refractivity contribution in [3.05, 3.63) is 86.3 Å². The summed E-state index contributed by atoms with van der Waals surface area (Å²) in [6.45, 7) is 8.11. The number of rotatable bonds is 5. The Morgan fingerprint density at radius 2 is 1.46 bits per heavy atom. The topological polar surface area (TPSA) is 51.1 Å². The van der Waals surface area contributed by atoms with Crippen LogP contribution in [0, 0.1) is 27.7 Å². The van der Waals surface area contributed by atoms with Crippen molar-refractivity contribution in [1.29, 1.82) is 0 Å². The molecular weight excluding hydrogens is 480 g/mol.